The molecule has 0 heterocycles. The van der Waals surface area contributed by atoms with E-state index in [9.17, 15) is 18.3 Å². The van der Waals surface area contributed by atoms with Crippen LogP contribution in [-0.4, -0.2) is 37.2 Å². The van der Waals surface area contributed by atoms with Gasteiger partial charge in [0.05, 0.1) is 23.1 Å². The van der Waals surface area contributed by atoms with Crippen molar-refractivity contribution in [3.8, 4) is 0 Å². The summed E-state index contributed by atoms with van der Waals surface area (Å²) in [5, 5.41) is 26.2. The average Bonchev–Trinajstić information content (AvgIpc) is 2.34. The smallest absolute Gasteiger partial charge is 0.337 e. The van der Waals surface area contributed by atoms with Crippen LogP contribution in [0.25, 0.3) is 0 Å². The van der Waals surface area contributed by atoms with E-state index in [0.717, 1.165) is 6.07 Å². The van der Waals surface area contributed by atoms with E-state index in [-0.39, 0.29) is 34.7 Å². The van der Waals surface area contributed by atoms with Crippen molar-refractivity contribution in [2.24, 2.45) is 11.1 Å². The standard InChI is InChI=1S/C12H18N2O5S/c1-7(2)11(6-15)14-10-4-3-8(20(13,18)19)5-9(10)12(16)17/h3-5,7,11,14-15H,6H2,1-2H3,(H,16,17)(H2,13,18,19). The summed E-state index contributed by atoms with van der Waals surface area (Å²) in [7, 11) is -3.97. The quantitative estimate of drug-likeness (QED) is 0.604. The zero-order valence-electron chi connectivity index (χ0n) is 11.2. The number of aliphatic hydroxyl groups is 1. The number of anilines is 1. The first-order valence-electron chi connectivity index (χ1n) is 5.94. The van der Waals surface area contributed by atoms with Gasteiger partial charge in [0.1, 0.15) is 0 Å². The first-order valence-corrected chi connectivity index (χ1v) is 7.49. The number of carboxylic acid groups (broad SMARTS) is 1. The fraction of sp³-hybridized carbons (Fsp3) is 0.417. The van der Waals surface area contributed by atoms with Crippen molar-refractivity contribution >= 4 is 21.7 Å². The van der Waals surface area contributed by atoms with Crippen molar-refractivity contribution in [2.75, 3.05) is 11.9 Å². The normalized spacial score (nSPS) is 13.2. The Morgan fingerprint density at radius 3 is 2.40 bits per heavy atom. The minimum absolute atomic E-state index is 0.0690. The molecule has 0 saturated heterocycles. The summed E-state index contributed by atoms with van der Waals surface area (Å²) in [6.45, 7) is 3.56. The molecule has 0 aliphatic rings. The second-order valence-corrected chi connectivity index (χ2v) is 6.30. The Labute approximate surface area is 117 Å². The van der Waals surface area contributed by atoms with Crippen molar-refractivity contribution in [1.29, 1.82) is 0 Å². The summed E-state index contributed by atoms with van der Waals surface area (Å²) >= 11 is 0. The lowest BCUT2D eigenvalue weighted by molar-refractivity contribution is 0.0697. The minimum atomic E-state index is -3.97. The molecular formula is C12H18N2O5S. The molecule has 1 rings (SSSR count). The summed E-state index contributed by atoms with van der Waals surface area (Å²) in [4.78, 5) is 10.9. The molecule has 5 N–H and O–H groups in total. The summed E-state index contributed by atoms with van der Waals surface area (Å²) in [6, 6.07) is 3.20. The zero-order valence-corrected chi connectivity index (χ0v) is 12.0. The first kappa shape index (κ1) is 16.4. The van der Waals surface area contributed by atoms with Gasteiger partial charge >= 0.3 is 5.97 Å². The molecule has 0 radical (unpaired) electrons. The van der Waals surface area contributed by atoms with Gasteiger partial charge < -0.3 is 15.5 Å². The van der Waals surface area contributed by atoms with E-state index in [1.807, 2.05) is 13.8 Å². The largest absolute Gasteiger partial charge is 0.478 e. The van der Waals surface area contributed by atoms with Gasteiger partial charge in [-0.15, -0.1) is 0 Å². The highest BCUT2D eigenvalue weighted by Gasteiger charge is 2.19. The molecule has 8 heteroatoms. The third-order valence-corrected chi connectivity index (χ3v) is 3.80. The van der Waals surface area contributed by atoms with E-state index in [1.165, 1.54) is 12.1 Å². The molecule has 0 spiro atoms. The van der Waals surface area contributed by atoms with E-state index >= 15 is 0 Å². The van der Waals surface area contributed by atoms with Crippen molar-refractivity contribution in [3.05, 3.63) is 23.8 Å². The highest BCUT2D eigenvalue weighted by molar-refractivity contribution is 7.89. The Morgan fingerprint density at radius 1 is 1.40 bits per heavy atom. The van der Waals surface area contributed by atoms with Gasteiger partial charge in [0.25, 0.3) is 0 Å². The molecule has 0 saturated carbocycles. The SMILES string of the molecule is CC(C)C(CO)Nc1ccc(S(N)(=O)=O)cc1C(=O)O. The van der Waals surface area contributed by atoms with Crippen LogP contribution in [0.2, 0.25) is 0 Å². The Hall–Kier alpha value is -1.64. The Balaban J connectivity index is 3.24. The van der Waals surface area contributed by atoms with Gasteiger partial charge in [0, 0.05) is 5.69 Å². The highest BCUT2D eigenvalue weighted by atomic mass is 32.2. The number of hydrogen-bond acceptors (Lipinski definition) is 5. The van der Waals surface area contributed by atoms with Gasteiger partial charge in [-0.3, -0.25) is 0 Å². The van der Waals surface area contributed by atoms with Crippen molar-refractivity contribution < 1.29 is 23.4 Å². The zero-order chi connectivity index (χ0) is 15.5. The van der Waals surface area contributed by atoms with Crippen molar-refractivity contribution in [1.82, 2.24) is 0 Å². The lowest BCUT2D eigenvalue weighted by Gasteiger charge is -2.22. The van der Waals surface area contributed by atoms with E-state index in [0.29, 0.717) is 0 Å². The van der Waals surface area contributed by atoms with Crippen LogP contribution in [0.5, 0.6) is 0 Å². The van der Waals surface area contributed by atoms with Crippen LogP contribution in [0.4, 0.5) is 5.69 Å². The molecule has 0 aliphatic heterocycles. The highest BCUT2D eigenvalue weighted by Crippen LogP contribution is 2.22. The number of hydrogen-bond donors (Lipinski definition) is 4. The van der Waals surface area contributed by atoms with Crippen LogP contribution in [0, 0.1) is 5.92 Å². The molecule has 1 unspecified atom stereocenters. The second-order valence-electron chi connectivity index (χ2n) is 4.73. The molecule has 7 nitrogen and oxygen atoms in total. The van der Waals surface area contributed by atoms with E-state index in [4.69, 9.17) is 10.2 Å². The van der Waals surface area contributed by atoms with E-state index in [1.54, 1.807) is 0 Å². The predicted octanol–water partition coefficient (Wildman–Crippen LogP) is 0.461. The topological polar surface area (TPSA) is 130 Å². The van der Waals surface area contributed by atoms with Gasteiger partial charge in [-0.2, -0.15) is 0 Å². The van der Waals surface area contributed by atoms with Crippen LogP contribution >= 0.6 is 0 Å². The fourth-order valence-electron chi connectivity index (χ4n) is 1.63. The predicted molar refractivity (Wildman–Crippen MR) is 74.1 cm³/mol. The number of sulfonamides is 1. The van der Waals surface area contributed by atoms with Crippen molar-refractivity contribution in [3.63, 3.8) is 0 Å². The maximum absolute atomic E-state index is 11.2. The fourth-order valence-corrected chi connectivity index (χ4v) is 2.17. The minimum Gasteiger partial charge on any atom is -0.478 e. The van der Waals surface area contributed by atoms with E-state index < -0.39 is 16.0 Å². The molecule has 1 aromatic rings. The molecule has 1 aromatic carbocycles. The van der Waals surface area contributed by atoms with Crippen LogP contribution < -0.4 is 10.5 Å². The van der Waals surface area contributed by atoms with Gasteiger partial charge in [-0.1, -0.05) is 13.8 Å². The number of primary sulfonamides is 1. The number of nitrogens with one attached hydrogen (secondary N) is 1. The summed E-state index contributed by atoms with van der Waals surface area (Å²) in [5.41, 5.74) is 0.0216. The summed E-state index contributed by atoms with van der Waals surface area (Å²) in [6.07, 6.45) is 0. The molecule has 0 aromatic heterocycles. The van der Waals surface area contributed by atoms with Gasteiger partial charge in [0.2, 0.25) is 10.0 Å². The average molecular weight is 302 g/mol. The van der Waals surface area contributed by atoms with Crippen LogP contribution in [-0.2, 0) is 10.0 Å². The lowest BCUT2D eigenvalue weighted by atomic mass is 10.0. The summed E-state index contributed by atoms with van der Waals surface area (Å²) < 4.78 is 22.5. The van der Waals surface area contributed by atoms with Gasteiger partial charge in [0.15, 0.2) is 0 Å². The maximum atomic E-state index is 11.2. The number of benzene rings is 1. The van der Waals surface area contributed by atoms with Crippen LogP contribution in [0.1, 0.15) is 24.2 Å². The molecule has 0 amide bonds. The van der Waals surface area contributed by atoms with Crippen LogP contribution in [0.3, 0.4) is 0 Å². The van der Waals surface area contributed by atoms with Crippen molar-refractivity contribution in [2.45, 2.75) is 24.8 Å². The molecule has 20 heavy (non-hydrogen) atoms. The molecular weight excluding hydrogens is 284 g/mol. The van der Waals surface area contributed by atoms with Gasteiger partial charge in [-0.25, -0.2) is 18.4 Å². The Kier molecular flexibility index (Phi) is 5.09. The number of rotatable bonds is 6. The maximum Gasteiger partial charge on any atom is 0.337 e. The van der Waals surface area contributed by atoms with Gasteiger partial charge in [-0.05, 0) is 24.1 Å². The van der Waals surface area contributed by atoms with Crippen LogP contribution in [0.15, 0.2) is 23.1 Å². The molecule has 0 aliphatic carbocycles. The monoisotopic (exact) mass is 302 g/mol. The number of carbonyl (C=O) groups is 1. The third kappa shape index (κ3) is 3.92. The second kappa shape index (κ2) is 6.21. The number of nitrogens with two attached hydrogens (primary N) is 1. The Morgan fingerprint density at radius 2 is 2.00 bits per heavy atom. The first-order chi connectivity index (χ1) is 9.16. The molecule has 0 bridgehead atoms. The summed E-state index contributed by atoms with van der Waals surface area (Å²) in [5.74, 6) is -1.21. The molecule has 0 fully saturated rings. The number of carboxylic acids is 1. The number of aromatic carboxylic acids is 1. The molecule has 1 atom stereocenters. The third-order valence-electron chi connectivity index (χ3n) is 2.89. The van der Waals surface area contributed by atoms with E-state index in [2.05, 4.69) is 5.32 Å². The molecule has 112 valence electrons. The number of aliphatic hydroxyl groups excluding tert-OH is 1. The lowest BCUT2D eigenvalue weighted by Crippen LogP contribution is -2.30. The Bertz CT molecular complexity index is 598.